The van der Waals surface area contributed by atoms with Crippen LogP contribution < -0.4 is 4.90 Å². The number of carboxylic acid groups (broad SMARTS) is 1. The van der Waals surface area contributed by atoms with Gasteiger partial charge in [-0.25, -0.2) is 9.78 Å². The van der Waals surface area contributed by atoms with Crippen molar-refractivity contribution in [2.45, 2.75) is 0 Å². The number of carboxylic acids is 1. The summed E-state index contributed by atoms with van der Waals surface area (Å²) in [5.41, 5.74) is 1.80. The number of para-hydroxylation sites is 1. The van der Waals surface area contributed by atoms with Crippen LogP contribution in [-0.4, -0.2) is 23.1 Å². The van der Waals surface area contributed by atoms with Crippen LogP contribution in [-0.2, 0) is 4.79 Å². The van der Waals surface area contributed by atoms with Gasteiger partial charge >= 0.3 is 5.97 Å². The van der Waals surface area contributed by atoms with E-state index in [-0.39, 0.29) is 0 Å². The highest BCUT2D eigenvalue weighted by Crippen LogP contribution is 2.20. The Morgan fingerprint density at radius 2 is 1.95 bits per heavy atom. The molecule has 1 aromatic heterocycles. The molecule has 4 heteroatoms. The highest BCUT2D eigenvalue weighted by molar-refractivity contribution is 5.85. The summed E-state index contributed by atoms with van der Waals surface area (Å²) in [4.78, 5) is 16.7. The van der Waals surface area contributed by atoms with Gasteiger partial charge in [-0.1, -0.05) is 18.2 Å². The molecule has 0 saturated heterocycles. The Balaban J connectivity index is 2.16. The third-order valence-corrected chi connectivity index (χ3v) is 2.68. The number of nitrogens with zero attached hydrogens (tertiary/aromatic N) is 2. The summed E-state index contributed by atoms with van der Waals surface area (Å²) in [6.45, 7) is 0. The molecule has 1 heterocycles. The van der Waals surface area contributed by atoms with Gasteiger partial charge in [0.15, 0.2) is 0 Å². The molecule has 1 aromatic carbocycles. The van der Waals surface area contributed by atoms with Crippen LogP contribution >= 0.6 is 0 Å². The largest absolute Gasteiger partial charge is 0.478 e. The number of benzene rings is 1. The Morgan fingerprint density at radius 3 is 2.53 bits per heavy atom. The predicted molar refractivity (Wildman–Crippen MR) is 75.4 cm³/mol. The van der Waals surface area contributed by atoms with Crippen LogP contribution in [0.4, 0.5) is 11.5 Å². The highest BCUT2D eigenvalue weighted by atomic mass is 16.4. The Kier molecular flexibility index (Phi) is 3.93. The van der Waals surface area contributed by atoms with E-state index in [0.717, 1.165) is 23.1 Å². The first-order chi connectivity index (χ1) is 9.16. The van der Waals surface area contributed by atoms with Crippen molar-refractivity contribution in [2.24, 2.45) is 0 Å². The molecule has 0 unspecified atom stereocenters. The van der Waals surface area contributed by atoms with Crippen molar-refractivity contribution in [1.29, 1.82) is 0 Å². The van der Waals surface area contributed by atoms with Crippen LogP contribution in [0.3, 0.4) is 0 Å². The van der Waals surface area contributed by atoms with E-state index in [1.165, 1.54) is 6.08 Å². The summed E-state index contributed by atoms with van der Waals surface area (Å²) >= 11 is 0. The normalized spacial score (nSPS) is 10.6. The molecule has 0 aliphatic carbocycles. The lowest BCUT2D eigenvalue weighted by molar-refractivity contribution is -0.131. The van der Waals surface area contributed by atoms with Gasteiger partial charge in [0.1, 0.15) is 5.82 Å². The number of rotatable bonds is 4. The number of hydrogen-bond acceptors (Lipinski definition) is 3. The van der Waals surface area contributed by atoms with E-state index in [1.807, 2.05) is 54.4 Å². The van der Waals surface area contributed by atoms with Crippen molar-refractivity contribution in [3.8, 4) is 0 Å². The van der Waals surface area contributed by atoms with Gasteiger partial charge in [0.05, 0.1) is 0 Å². The number of carbonyl (C=O) groups is 1. The first-order valence-electron chi connectivity index (χ1n) is 5.82. The number of anilines is 2. The molecule has 96 valence electrons. The fourth-order valence-corrected chi connectivity index (χ4v) is 1.65. The average Bonchev–Trinajstić information content (AvgIpc) is 2.46. The van der Waals surface area contributed by atoms with E-state index < -0.39 is 5.97 Å². The number of aliphatic carboxylic acids is 1. The molecular weight excluding hydrogens is 240 g/mol. The third kappa shape index (κ3) is 3.42. The topological polar surface area (TPSA) is 53.4 Å². The molecule has 0 amide bonds. The van der Waals surface area contributed by atoms with Crippen LogP contribution in [0.25, 0.3) is 6.08 Å². The molecule has 19 heavy (non-hydrogen) atoms. The van der Waals surface area contributed by atoms with Crippen molar-refractivity contribution >= 4 is 23.6 Å². The molecule has 0 saturated carbocycles. The number of aromatic nitrogens is 1. The molecule has 1 N–H and O–H groups in total. The standard InChI is InChI=1S/C15H14N2O2/c1-17(13-5-3-2-4-6-13)14-9-7-12(11-16-14)8-10-15(18)19/h2-11H,1H3,(H,18,19)/b10-8+. The summed E-state index contributed by atoms with van der Waals surface area (Å²) < 4.78 is 0. The molecule has 0 aliphatic rings. The molecule has 2 rings (SSSR count). The van der Waals surface area contributed by atoms with Gasteiger partial charge in [0, 0.05) is 25.0 Å². The summed E-state index contributed by atoms with van der Waals surface area (Å²) in [5.74, 6) is -0.163. The minimum absolute atomic E-state index is 0.757. The van der Waals surface area contributed by atoms with Gasteiger partial charge in [-0.3, -0.25) is 0 Å². The zero-order chi connectivity index (χ0) is 13.7. The molecule has 4 nitrogen and oxygen atoms in total. The second-order valence-electron chi connectivity index (χ2n) is 4.02. The van der Waals surface area contributed by atoms with Gasteiger partial charge in [-0.05, 0) is 35.9 Å². The quantitative estimate of drug-likeness (QED) is 0.852. The van der Waals surface area contributed by atoms with Crippen LogP contribution in [0.1, 0.15) is 5.56 Å². The third-order valence-electron chi connectivity index (χ3n) is 2.68. The van der Waals surface area contributed by atoms with Crippen molar-refractivity contribution in [3.05, 3.63) is 60.3 Å². The zero-order valence-corrected chi connectivity index (χ0v) is 10.5. The van der Waals surface area contributed by atoms with Gasteiger partial charge in [0.2, 0.25) is 0 Å². The zero-order valence-electron chi connectivity index (χ0n) is 10.5. The molecule has 2 aromatic rings. The van der Waals surface area contributed by atoms with Crippen molar-refractivity contribution in [3.63, 3.8) is 0 Å². The molecule has 0 fully saturated rings. The summed E-state index contributed by atoms with van der Waals surface area (Å²) in [7, 11) is 1.93. The van der Waals surface area contributed by atoms with Gasteiger partial charge in [-0.15, -0.1) is 0 Å². The average molecular weight is 254 g/mol. The van der Waals surface area contributed by atoms with Crippen molar-refractivity contribution < 1.29 is 9.90 Å². The van der Waals surface area contributed by atoms with Gasteiger partial charge < -0.3 is 10.0 Å². The molecular formula is C15H14N2O2. The van der Waals surface area contributed by atoms with E-state index in [0.29, 0.717) is 0 Å². The Bertz CT molecular complexity index is 577. The van der Waals surface area contributed by atoms with E-state index >= 15 is 0 Å². The monoisotopic (exact) mass is 254 g/mol. The molecule has 0 aliphatic heterocycles. The lowest BCUT2D eigenvalue weighted by Crippen LogP contribution is -2.10. The lowest BCUT2D eigenvalue weighted by atomic mass is 10.2. The smallest absolute Gasteiger partial charge is 0.328 e. The van der Waals surface area contributed by atoms with Crippen LogP contribution in [0, 0.1) is 0 Å². The minimum atomic E-state index is -0.967. The van der Waals surface area contributed by atoms with Crippen LogP contribution in [0.5, 0.6) is 0 Å². The van der Waals surface area contributed by atoms with E-state index in [2.05, 4.69) is 4.98 Å². The highest BCUT2D eigenvalue weighted by Gasteiger charge is 2.03. The first kappa shape index (κ1) is 12.8. The van der Waals surface area contributed by atoms with Crippen LogP contribution in [0.15, 0.2) is 54.7 Å². The fraction of sp³-hybridized carbons (Fsp3) is 0.0667. The molecule has 0 bridgehead atoms. The Labute approximate surface area is 111 Å². The number of hydrogen-bond donors (Lipinski definition) is 1. The predicted octanol–water partition coefficient (Wildman–Crippen LogP) is 2.95. The fourth-order valence-electron chi connectivity index (χ4n) is 1.65. The van der Waals surface area contributed by atoms with E-state index in [9.17, 15) is 4.79 Å². The van der Waals surface area contributed by atoms with Crippen molar-refractivity contribution in [2.75, 3.05) is 11.9 Å². The molecule has 0 radical (unpaired) electrons. The minimum Gasteiger partial charge on any atom is -0.478 e. The first-order valence-corrected chi connectivity index (χ1v) is 5.82. The molecule has 0 spiro atoms. The maximum Gasteiger partial charge on any atom is 0.328 e. The maximum absolute atomic E-state index is 10.4. The van der Waals surface area contributed by atoms with Gasteiger partial charge in [0.25, 0.3) is 0 Å². The summed E-state index contributed by atoms with van der Waals surface area (Å²) in [6, 6.07) is 13.6. The SMILES string of the molecule is CN(c1ccccc1)c1ccc(/C=C/C(=O)O)cn1. The second-order valence-corrected chi connectivity index (χ2v) is 4.02. The second kappa shape index (κ2) is 5.82. The summed E-state index contributed by atoms with van der Waals surface area (Å²) in [6.07, 6.45) is 4.26. The number of pyridine rings is 1. The molecule has 0 atom stereocenters. The maximum atomic E-state index is 10.4. The van der Waals surface area contributed by atoms with E-state index in [4.69, 9.17) is 5.11 Å². The van der Waals surface area contributed by atoms with E-state index in [1.54, 1.807) is 6.20 Å². The van der Waals surface area contributed by atoms with Crippen LogP contribution in [0.2, 0.25) is 0 Å². The lowest BCUT2D eigenvalue weighted by Gasteiger charge is -2.18. The van der Waals surface area contributed by atoms with Gasteiger partial charge in [-0.2, -0.15) is 0 Å². The van der Waals surface area contributed by atoms with Crippen molar-refractivity contribution in [1.82, 2.24) is 4.98 Å². The Hall–Kier alpha value is -2.62. The summed E-state index contributed by atoms with van der Waals surface area (Å²) in [5, 5.41) is 8.55. The Morgan fingerprint density at radius 1 is 1.21 bits per heavy atom.